The highest BCUT2D eigenvalue weighted by Crippen LogP contribution is 2.17. The van der Waals surface area contributed by atoms with Crippen LogP contribution in [0.5, 0.6) is 0 Å². The molecule has 2 N–H and O–H groups in total. The zero-order valence-corrected chi connectivity index (χ0v) is 18.6. The number of benzene rings is 2. The second-order valence-electron chi connectivity index (χ2n) is 8.43. The Morgan fingerprint density at radius 2 is 1.70 bits per heavy atom. The van der Waals surface area contributed by atoms with Gasteiger partial charge in [0.15, 0.2) is 0 Å². The van der Waals surface area contributed by atoms with E-state index in [2.05, 4.69) is 10.6 Å². The molecule has 2 amide bonds. The number of anilines is 1. The maximum Gasteiger partial charge on any atom is 0.408 e. The van der Waals surface area contributed by atoms with Gasteiger partial charge in [-0.15, -0.1) is 0 Å². The molecule has 0 aliphatic heterocycles. The lowest BCUT2D eigenvalue weighted by Gasteiger charge is -2.27. The van der Waals surface area contributed by atoms with Gasteiger partial charge in [0.05, 0.1) is 12.7 Å². The smallest absolute Gasteiger partial charge is 0.408 e. The summed E-state index contributed by atoms with van der Waals surface area (Å²) in [6.07, 6.45) is -1.25. The number of carbonyl (C=O) groups excluding carboxylic acids is 2. The van der Waals surface area contributed by atoms with E-state index in [1.807, 2.05) is 62.4 Å². The maximum absolute atomic E-state index is 13.0. The van der Waals surface area contributed by atoms with Gasteiger partial charge >= 0.3 is 6.09 Å². The summed E-state index contributed by atoms with van der Waals surface area (Å²) in [5, 5.41) is 5.56. The molecule has 0 unspecified atom stereocenters. The van der Waals surface area contributed by atoms with Gasteiger partial charge in [-0.25, -0.2) is 4.79 Å². The zero-order valence-electron chi connectivity index (χ0n) is 18.6. The van der Waals surface area contributed by atoms with Gasteiger partial charge < -0.3 is 20.1 Å². The van der Waals surface area contributed by atoms with Crippen molar-refractivity contribution in [3.8, 4) is 0 Å². The number of nitrogens with one attached hydrogen (secondary N) is 2. The topological polar surface area (TPSA) is 76.7 Å². The van der Waals surface area contributed by atoms with Gasteiger partial charge in [0.2, 0.25) is 5.91 Å². The Morgan fingerprint density at radius 3 is 2.30 bits per heavy atom. The standard InChI is InChI=1S/C24H32N2O4/c1-16-12-13-20(17(2)14-16)25-22(27)21(26-23(28)30-24(4,5)6)18(3)29-15-19-10-8-7-9-11-19/h7-14,18,21H,15H2,1-6H3,(H,25,27)(H,26,28)/t18-,21-/m0/s1. The minimum Gasteiger partial charge on any atom is -0.444 e. The number of amides is 2. The van der Waals surface area contributed by atoms with Gasteiger partial charge in [0.25, 0.3) is 0 Å². The lowest BCUT2D eigenvalue weighted by Crippen LogP contribution is -2.52. The van der Waals surface area contributed by atoms with E-state index < -0.39 is 23.8 Å². The summed E-state index contributed by atoms with van der Waals surface area (Å²) in [4.78, 5) is 25.4. The molecule has 0 aliphatic rings. The Hall–Kier alpha value is -2.86. The summed E-state index contributed by atoms with van der Waals surface area (Å²) in [5.74, 6) is -0.367. The van der Waals surface area contributed by atoms with Crippen LogP contribution in [0, 0.1) is 13.8 Å². The fourth-order valence-corrected chi connectivity index (χ4v) is 2.89. The minimum atomic E-state index is -0.927. The van der Waals surface area contributed by atoms with E-state index >= 15 is 0 Å². The fourth-order valence-electron chi connectivity index (χ4n) is 2.89. The van der Waals surface area contributed by atoms with Crippen LogP contribution in [-0.2, 0) is 20.9 Å². The summed E-state index contributed by atoms with van der Waals surface area (Å²) in [5.41, 5.74) is 3.05. The molecule has 0 saturated carbocycles. The molecule has 162 valence electrons. The van der Waals surface area contributed by atoms with Crippen molar-refractivity contribution in [2.75, 3.05) is 5.32 Å². The molecule has 0 saturated heterocycles. The second-order valence-corrected chi connectivity index (χ2v) is 8.43. The molecule has 2 atom stereocenters. The molecule has 6 heteroatoms. The van der Waals surface area contributed by atoms with Crippen LogP contribution in [0.2, 0.25) is 0 Å². The first-order valence-electron chi connectivity index (χ1n) is 10.1. The van der Waals surface area contributed by atoms with Crippen LogP contribution in [0.1, 0.15) is 44.4 Å². The molecular weight excluding hydrogens is 380 g/mol. The lowest BCUT2D eigenvalue weighted by molar-refractivity contribution is -0.122. The summed E-state index contributed by atoms with van der Waals surface area (Å²) >= 11 is 0. The number of alkyl carbamates (subject to hydrolysis) is 1. The third kappa shape index (κ3) is 7.52. The Balaban J connectivity index is 2.13. The SMILES string of the molecule is Cc1ccc(NC(=O)[C@@H](NC(=O)OC(C)(C)C)[C@H](C)OCc2ccccc2)c(C)c1. The summed E-state index contributed by atoms with van der Waals surface area (Å²) < 4.78 is 11.2. The molecular formula is C24H32N2O4. The Morgan fingerprint density at radius 1 is 1.03 bits per heavy atom. The third-order valence-electron chi connectivity index (χ3n) is 4.42. The van der Waals surface area contributed by atoms with E-state index in [4.69, 9.17) is 9.47 Å². The number of rotatable bonds is 7. The number of aryl methyl sites for hydroxylation is 2. The highest BCUT2D eigenvalue weighted by atomic mass is 16.6. The normalized spacial score (nSPS) is 13.3. The zero-order chi connectivity index (χ0) is 22.3. The van der Waals surface area contributed by atoms with E-state index in [1.165, 1.54) is 0 Å². The quantitative estimate of drug-likeness (QED) is 0.689. The number of ether oxygens (including phenoxy) is 2. The number of hydrogen-bond acceptors (Lipinski definition) is 4. The second kappa shape index (κ2) is 10.3. The van der Waals surface area contributed by atoms with Crippen LogP contribution >= 0.6 is 0 Å². The Bertz CT molecular complexity index is 859. The molecule has 0 aromatic heterocycles. The van der Waals surface area contributed by atoms with Gasteiger partial charge in [0, 0.05) is 5.69 Å². The molecule has 6 nitrogen and oxygen atoms in total. The minimum absolute atomic E-state index is 0.325. The van der Waals surface area contributed by atoms with Crippen LogP contribution in [-0.4, -0.2) is 29.7 Å². The molecule has 30 heavy (non-hydrogen) atoms. The van der Waals surface area contributed by atoms with Crippen molar-refractivity contribution in [2.45, 2.75) is 65.9 Å². The van der Waals surface area contributed by atoms with Crippen LogP contribution in [0.15, 0.2) is 48.5 Å². The average molecular weight is 413 g/mol. The van der Waals surface area contributed by atoms with E-state index in [0.29, 0.717) is 12.3 Å². The van der Waals surface area contributed by atoms with E-state index in [9.17, 15) is 9.59 Å². The summed E-state index contributed by atoms with van der Waals surface area (Å²) in [7, 11) is 0. The molecule has 0 heterocycles. The van der Waals surface area contributed by atoms with Crippen molar-refractivity contribution in [2.24, 2.45) is 0 Å². The van der Waals surface area contributed by atoms with E-state index in [-0.39, 0.29) is 5.91 Å². The number of hydrogen-bond donors (Lipinski definition) is 2. The highest BCUT2D eigenvalue weighted by molar-refractivity contribution is 5.97. The lowest BCUT2D eigenvalue weighted by atomic mass is 10.1. The van der Waals surface area contributed by atoms with E-state index in [0.717, 1.165) is 16.7 Å². The highest BCUT2D eigenvalue weighted by Gasteiger charge is 2.30. The maximum atomic E-state index is 13.0. The van der Waals surface area contributed by atoms with Crippen molar-refractivity contribution < 1.29 is 19.1 Å². The molecule has 0 aliphatic carbocycles. The predicted molar refractivity (Wildman–Crippen MR) is 118 cm³/mol. The van der Waals surface area contributed by atoms with Gasteiger partial charge in [0.1, 0.15) is 11.6 Å². The molecule has 2 rings (SSSR count). The van der Waals surface area contributed by atoms with Crippen LogP contribution in [0.4, 0.5) is 10.5 Å². The molecule has 2 aromatic carbocycles. The largest absolute Gasteiger partial charge is 0.444 e. The summed E-state index contributed by atoms with van der Waals surface area (Å²) in [6.45, 7) is 11.3. The number of carbonyl (C=O) groups is 2. The van der Waals surface area contributed by atoms with E-state index in [1.54, 1.807) is 27.7 Å². The Kier molecular flexibility index (Phi) is 8.00. The van der Waals surface area contributed by atoms with Crippen LogP contribution < -0.4 is 10.6 Å². The summed E-state index contributed by atoms with van der Waals surface area (Å²) in [6, 6.07) is 14.5. The molecule has 0 spiro atoms. The fraction of sp³-hybridized carbons (Fsp3) is 0.417. The third-order valence-corrected chi connectivity index (χ3v) is 4.42. The monoisotopic (exact) mass is 412 g/mol. The van der Waals surface area contributed by atoms with Crippen LogP contribution in [0.25, 0.3) is 0 Å². The van der Waals surface area contributed by atoms with Gasteiger partial charge in [-0.3, -0.25) is 4.79 Å². The van der Waals surface area contributed by atoms with Gasteiger partial charge in [-0.2, -0.15) is 0 Å². The average Bonchev–Trinajstić information content (AvgIpc) is 2.65. The molecule has 0 bridgehead atoms. The first-order valence-corrected chi connectivity index (χ1v) is 10.1. The van der Waals surface area contributed by atoms with Crippen LogP contribution in [0.3, 0.4) is 0 Å². The molecule has 2 aromatic rings. The molecule has 0 fully saturated rings. The Labute approximate surface area is 179 Å². The van der Waals surface area contributed by atoms with Crippen molar-refractivity contribution in [1.82, 2.24) is 5.32 Å². The van der Waals surface area contributed by atoms with Crippen molar-refractivity contribution >= 4 is 17.7 Å². The first kappa shape index (κ1) is 23.4. The molecule has 0 radical (unpaired) electrons. The predicted octanol–water partition coefficient (Wildman–Crippen LogP) is 4.74. The van der Waals surface area contributed by atoms with Crippen molar-refractivity contribution in [1.29, 1.82) is 0 Å². The first-order chi connectivity index (χ1) is 14.0. The van der Waals surface area contributed by atoms with Gasteiger partial charge in [-0.05, 0) is 58.7 Å². The van der Waals surface area contributed by atoms with Gasteiger partial charge in [-0.1, -0.05) is 48.0 Å². The van der Waals surface area contributed by atoms with Crippen molar-refractivity contribution in [3.05, 3.63) is 65.2 Å². The van der Waals surface area contributed by atoms with Crippen molar-refractivity contribution in [3.63, 3.8) is 0 Å².